The lowest BCUT2D eigenvalue weighted by Gasteiger charge is -2.03. The molecule has 0 fully saturated rings. The van der Waals surface area contributed by atoms with E-state index in [-0.39, 0.29) is 6.61 Å². The van der Waals surface area contributed by atoms with E-state index in [4.69, 9.17) is 5.11 Å². The maximum absolute atomic E-state index is 8.91. The first-order valence-corrected chi connectivity index (χ1v) is 4.27. The van der Waals surface area contributed by atoms with Gasteiger partial charge in [-0.25, -0.2) is 0 Å². The van der Waals surface area contributed by atoms with Crippen molar-refractivity contribution >= 4 is 0 Å². The van der Waals surface area contributed by atoms with E-state index in [0.717, 1.165) is 17.8 Å². The number of aliphatic hydroxyl groups is 1. The molecule has 0 atom stereocenters. The van der Waals surface area contributed by atoms with Crippen LogP contribution < -0.4 is 0 Å². The Morgan fingerprint density at radius 2 is 2.25 bits per heavy atom. The molecule has 68 valence electrons. The summed E-state index contributed by atoms with van der Waals surface area (Å²) in [4.78, 5) is 0. The number of hydrogen-bond acceptors (Lipinski definition) is 2. The minimum atomic E-state index is 0.0872. The largest absolute Gasteiger partial charge is 0.392 e. The van der Waals surface area contributed by atoms with Crippen LogP contribution in [0, 0.1) is 12.8 Å². The van der Waals surface area contributed by atoms with Crippen LogP contribution in [0.25, 0.3) is 0 Å². The molecule has 0 radical (unpaired) electrons. The number of nitrogens with zero attached hydrogens (tertiary/aromatic N) is 2. The summed E-state index contributed by atoms with van der Waals surface area (Å²) in [7, 11) is 0. The number of aromatic nitrogens is 2. The lowest BCUT2D eigenvalue weighted by Crippen LogP contribution is -2.04. The van der Waals surface area contributed by atoms with Gasteiger partial charge < -0.3 is 5.11 Å². The standard InChI is InChI=1S/C9H16N2O/c1-7(2)4-11-5-9(6-12)8(3)10-11/h5,7,12H,4,6H2,1-3H3. The Balaban J connectivity index is 2.75. The van der Waals surface area contributed by atoms with Gasteiger partial charge in [0.15, 0.2) is 0 Å². The van der Waals surface area contributed by atoms with E-state index in [9.17, 15) is 0 Å². The molecule has 0 unspecified atom stereocenters. The zero-order chi connectivity index (χ0) is 9.14. The number of aryl methyl sites for hydroxylation is 1. The first-order chi connectivity index (χ1) is 5.63. The molecule has 12 heavy (non-hydrogen) atoms. The number of hydrogen-bond donors (Lipinski definition) is 1. The quantitative estimate of drug-likeness (QED) is 0.739. The summed E-state index contributed by atoms with van der Waals surface area (Å²) >= 11 is 0. The maximum atomic E-state index is 8.91. The summed E-state index contributed by atoms with van der Waals surface area (Å²) in [6.07, 6.45) is 1.91. The summed E-state index contributed by atoms with van der Waals surface area (Å²) in [5.74, 6) is 0.593. The van der Waals surface area contributed by atoms with Crippen molar-refractivity contribution in [1.82, 2.24) is 9.78 Å². The third-order valence-electron chi connectivity index (χ3n) is 1.77. The molecule has 1 heterocycles. The molecule has 0 saturated carbocycles. The van der Waals surface area contributed by atoms with Crippen molar-refractivity contribution in [3.05, 3.63) is 17.5 Å². The molecule has 0 amide bonds. The van der Waals surface area contributed by atoms with Gasteiger partial charge in [0, 0.05) is 18.3 Å². The van der Waals surface area contributed by atoms with Crippen LogP contribution in [0.3, 0.4) is 0 Å². The topological polar surface area (TPSA) is 38.0 Å². The van der Waals surface area contributed by atoms with Crippen molar-refractivity contribution in [2.45, 2.75) is 33.9 Å². The Bertz CT molecular complexity index is 253. The third kappa shape index (κ3) is 2.08. The zero-order valence-corrected chi connectivity index (χ0v) is 7.91. The fourth-order valence-corrected chi connectivity index (χ4v) is 1.18. The Kier molecular flexibility index (Phi) is 2.87. The molecule has 1 aromatic rings. The first-order valence-electron chi connectivity index (χ1n) is 4.27. The van der Waals surface area contributed by atoms with Crippen molar-refractivity contribution < 1.29 is 5.11 Å². The summed E-state index contributed by atoms with van der Waals surface area (Å²) in [6.45, 7) is 7.22. The predicted octanol–water partition coefficient (Wildman–Crippen LogP) is 1.34. The van der Waals surface area contributed by atoms with E-state index in [0.29, 0.717) is 5.92 Å². The van der Waals surface area contributed by atoms with Gasteiger partial charge in [-0.15, -0.1) is 0 Å². The molecule has 0 aliphatic heterocycles. The molecule has 3 heteroatoms. The van der Waals surface area contributed by atoms with Crippen LogP contribution in [0.5, 0.6) is 0 Å². The Morgan fingerprint density at radius 1 is 1.58 bits per heavy atom. The van der Waals surface area contributed by atoms with Gasteiger partial charge in [0.05, 0.1) is 12.3 Å². The summed E-state index contributed by atoms with van der Waals surface area (Å²) in [5.41, 5.74) is 1.86. The van der Waals surface area contributed by atoms with E-state index >= 15 is 0 Å². The molecule has 0 saturated heterocycles. The van der Waals surface area contributed by atoms with Gasteiger partial charge in [0.2, 0.25) is 0 Å². The minimum absolute atomic E-state index is 0.0872. The normalized spacial score (nSPS) is 11.1. The molecule has 3 nitrogen and oxygen atoms in total. The van der Waals surface area contributed by atoms with Crippen LogP contribution in [-0.4, -0.2) is 14.9 Å². The molecule has 0 aliphatic rings. The van der Waals surface area contributed by atoms with Crippen molar-refractivity contribution in [3.8, 4) is 0 Å². The van der Waals surface area contributed by atoms with Crippen molar-refractivity contribution in [2.24, 2.45) is 5.92 Å². The average Bonchev–Trinajstić information content (AvgIpc) is 2.29. The molecule has 0 spiro atoms. The van der Waals surface area contributed by atoms with E-state index in [1.54, 1.807) is 0 Å². The minimum Gasteiger partial charge on any atom is -0.392 e. The second-order valence-corrected chi connectivity index (χ2v) is 3.51. The zero-order valence-electron chi connectivity index (χ0n) is 7.91. The number of rotatable bonds is 3. The molecule has 1 aromatic heterocycles. The fraction of sp³-hybridized carbons (Fsp3) is 0.667. The van der Waals surface area contributed by atoms with E-state index in [1.165, 1.54) is 0 Å². The number of aliphatic hydroxyl groups excluding tert-OH is 1. The predicted molar refractivity (Wildman–Crippen MR) is 47.7 cm³/mol. The second kappa shape index (κ2) is 3.72. The van der Waals surface area contributed by atoms with Gasteiger partial charge in [-0.05, 0) is 12.8 Å². The molecule has 0 aliphatic carbocycles. The second-order valence-electron chi connectivity index (χ2n) is 3.51. The lowest BCUT2D eigenvalue weighted by atomic mass is 10.2. The molecule has 0 aromatic carbocycles. The highest BCUT2D eigenvalue weighted by molar-refractivity contribution is 5.13. The van der Waals surface area contributed by atoms with Gasteiger partial charge in [-0.3, -0.25) is 4.68 Å². The summed E-state index contributed by atoms with van der Waals surface area (Å²) in [5, 5.41) is 13.2. The van der Waals surface area contributed by atoms with Crippen LogP contribution in [0.1, 0.15) is 25.1 Å². The van der Waals surface area contributed by atoms with E-state index in [2.05, 4.69) is 18.9 Å². The van der Waals surface area contributed by atoms with Gasteiger partial charge in [0.25, 0.3) is 0 Å². The van der Waals surface area contributed by atoms with Gasteiger partial charge in [0.1, 0.15) is 0 Å². The van der Waals surface area contributed by atoms with Gasteiger partial charge >= 0.3 is 0 Å². The highest BCUT2D eigenvalue weighted by atomic mass is 16.3. The summed E-state index contributed by atoms with van der Waals surface area (Å²) in [6, 6.07) is 0. The van der Waals surface area contributed by atoms with E-state index in [1.807, 2.05) is 17.8 Å². The van der Waals surface area contributed by atoms with Gasteiger partial charge in [-0.1, -0.05) is 13.8 Å². The van der Waals surface area contributed by atoms with Crippen molar-refractivity contribution in [1.29, 1.82) is 0 Å². The first kappa shape index (κ1) is 9.26. The molecule has 1 rings (SSSR count). The van der Waals surface area contributed by atoms with Crippen LogP contribution in [0.4, 0.5) is 0 Å². The maximum Gasteiger partial charge on any atom is 0.0715 e. The third-order valence-corrected chi connectivity index (χ3v) is 1.77. The fourth-order valence-electron chi connectivity index (χ4n) is 1.18. The lowest BCUT2D eigenvalue weighted by molar-refractivity contribution is 0.281. The van der Waals surface area contributed by atoms with Gasteiger partial charge in [-0.2, -0.15) is 5.10 Å². The van der Waals surface area contributed by atoms with Crippen LogP contribution in [0.15, 0.2) is 6.20 Å². The monoisotopic (exact) mass is 168 g/mol. The summed E-state index contributed by atoms with van der Waals surface area (Å²) < 4.78 is 1.89. The molecular formula is C9H16N2O. The highest BCUT2D eigenvalue weighted by Crippen LogP contribution is 2.06. The van der Waals surface area contributed by atoms with Crippen LogP contribution in [-0.2, 0) is 13.2 Å². The Morgan fingerprint density at radius 3 is 2.67 bits per heavy atom. The SMILES string of the molecule is Cc1nn(CC(C)C)cc1CO. The Hall–Kier alpha value is -0.830. The van der Waals surface area contributed by atoms with Crippen molar-refractivity contribution in [3.63, 3.8) is 0 Å². The molecule has 1 N–H and O–H groups in total. The average molecular weight is 168 g/mol. The van der Waals surface area contributed by atoms with Crippen molar-refractivity contribution in [2.75, 3.05) is 0 Å². The van der Waals surface area contributed by atoms with Crippen LogP contribution >= 0.6 is 0 Å². The highest BCUT2D eigenvalue weighted by Gasteiger charge is 2.03. The molecular weight excluding hydrogens is 152 g/mol. The van der Waals surface area contributed by atoms with E-state index < -0.39 is 0 Å². The van der Waals surface area contributed by atoms with Crippen LogP contribution in [0.2, 0.25) is 0 Å². The molecule has 0 bridgehead atoms. The smallest absolute Gasteiger partial charge is 0.0715 e. The Labute approximate surface area is 73.0 Å².